The lowest BCUT2D eigenvalue weighted by molar-refractivity contribution is -0.118. The summed E-state index contributed by atoms with van der Waals surface area (Å²) >= 11 is 1.38. The van der Waals surface area contributed by atoms with E-state index in [9.17, 15) is 4.79 Å². The first kappa shape index (κ1) is 21.5. The highest BCUT2D eigenvalue weighted by atomic mass is 32.2. The van der Waals surface area contributed by atoms with Gasteiger partial charge in [0.2, 0.25) is 0 Å². The van der Waals surface area contributed by atoms with Crippen molar-refractivity contribution in [1.29, 1.82) is 0 Å². The molecule has 0 bridgehead atoms. The number of fused-ring (bicyclic) bond motifs is 1. The molecular formula is C21H24N4O4S. The Bertz CT molecular complexity index is 1060. The van der Waals surface area contributed by atoms with Crippen LogP contribution >= 0.6 is 11.8 Å². The molecular weight excluding hydrogens is 404 g/mol. The normalized spacial score (nSPS) is 11.1. The predicted molar refractivity (Wildman–Crippen MR) is 118 cm³/mol. The molecule has 9 heteroatoms. The van der Waals surface area contributed by atoms with Crippen LogP contribution < -0.4 is 19.6 Å². The number of thioether (sulfide) groups is 1. The smallest absolute Gasteiger partial charge is 0.250 e. The van der Waals surface area contributed by atoms with Crippen LogP contribution in [0.25, 0.3) is 11.0 Å². The third-order valence-electron chi connectivity index (χ3n) is 4.40. The first-order chi connectivity index (χ1) is 14.6. The molecule has 1 N–H and O–H groups in total. The Hall–Kier alpha value is -3.20. The molecule has 0 radical (unpaired) electrons. The average Bonchev–Trinajstić information content (AvgIpc) is 3.14. The maximum absolute atomic E-state index is 12.2. The Morgan fingerprint density at radius 3 is 2.53 bits per heavy atom. The summed E-state index contributed by atoms with van der Waals surface area (Å²) in [6, 6.07) is 11.4. The molecule has 0 fully saturated rings. The molecule has 30 heavy (non-hydrogen) atoms. The van der Waals surface area contributed by atoms with Gasteiger partial charge in [0.05, 0.1) is 44.3 Å². The van der Waals surface area contributed by atoms with Crippen LogP contribution in [0.2, 0.25) is 0 Å². The lowest BCUT2D eigenvalue weighted by Gasteiger charge is -2.11. The summed E-state index contributed by atoms with van der Waals surface area (Å²) in [7, 11) is 4.65. The highest BCUT2D eigenvalue weighted by Crippen LogP contribution is 2.33. The highest BCUT2D eigenvalue weighted by molar-refractivity contribution is 7.99. The Morgan fingerprint density at radius 1 is 1.13 bits per heavy atom. The summed E-state index contributed by atoms with van der Waals surface area (Å²) in [5, 5.41) is 4.84. The molecule has 0 unspecified atom stereocenters. The van der Waals surface area contributed by atoms with Gasteiger partial charge < -0.3 is 18.8 Å². The topological polar surface area (TPSA) is 87.0 Å². The predicted octanol–water partition coefficient (Wildman–Crippen LogP) is 3.32. The van der Waals surface area contributed by atoms with Crippen LogP contribution in [-0.2, 0) is 11.3 Å². The number of methoxy groups -OCH3 is 3. The Labute approximate surface area is 179 Å². The summed E-state index contributed by atoms with van der Waals surface area (Å²) in [5.74, 6) is 1.61. The number of hydrogen-bond acceptors (Lipinski definition) is 7. The number of carbonyl (C=O) groups excluding carboxylic acids is 1. The standard InChI is InChI=1S/C21H24N4O4S/c1-5-25-16-9-7-6-8-15(16)23-21(25)30-13-20(26)24-22-12-14-10-18(28-3)19(29-4)11-17(14)27-2/h6-12H,5,13H2,1-4H3,(H,24,26)/b22-12+. The fraction of sp³-hybridized carbons (Fsp3) is 0.286. The number of rotatable bonds is 9. The molecule has 1 heterocycles. The molecule has 2 aromatic carbocycles. The molecule has 3 aromatic rings. The van der Waals surface area contributed by atoms with Gasteiger partial charge in [-0.2, -0.15) is 5.10 Å². The number of aromatic nitrogens is 2. The van der Waals surface area contributed by atoms with Crippen molar-refractivity contribution in [3.05, 3.63) is 42.0 Å². The molecule has 0 atom stereocenters. The lowest BCUT2D eigenvalue weighted by Crippen LogP contribution is -2.20. The molecule has 3 rings (SSSR count). The van der Waals surface area contributed by atoms with Gasteiger partial charge in [0, 0.05) is 18.2 Å². The Balaban J connectivity index is 1.64. The van der Waals surface area contributed by atoms with Crippen molar-refractivity contribution in [1.82, 2.24) is 15.0 Å². The van der Waals surface area contributed by atoms with Crippen molar-refractivity contribution in [3.8, 4) is 17.2 Å². The number of nitrogens with zero attached hydrogens (tertiary/aromatic N) is 3. The third kappa shape index (κ3) is 4.68. The second-order valence-corrected chi connectivity index (χ2v) is 7.10. The average molecular weight is 429 g/mol. The molecule has 0 spiro atoms. The van der Waals surface area contributed by atoms with Gasteiger partial charge in [-0.3, -0.25) is 4.79 Å². The minimum absolute atomic E-state index is 0.198. The summed E-state index contributed by atoms with van der Waals surface area (Å²) in [4.78, 5) is 16.8. The van der Waals surface area contributed by atoms with Crippen molar-refractivity contribution in [2.24, 2.45) is 5.10 Å². The second-order valence-electron chi connectivity index (χ2n) is 6.16. The molecule has 0 aliphatic heterocycles. The van der Waals surface area contributed by atoms with E-state index in [1.165, 1.54) is 18.0 Å². The van der Waals surface area contributed by atoms with E-state index in [1.807, 2.05) is 24.3 Å². The number of hydrogen-bond donors (Lipinski definition) is 1. The van der Waals surface area contributed by atoms with Gasteiger partial charge in [-0.05, 0) is 25.1 Å². The van der Waals surface area contributed by atoms with Crippen LogP contribution in [0.3, 0.4) is 0 Å². The van der Waals surface area contributed by atoms with Gasteiger partial charge in [-0.25, -0.2) is 10.4 Å². The maximum atomic E-state index is 12.2. The molecule has 1 aromatic heterocycles. The van der Waals surface area contributed by atoms with Crippen LogP contribution in [0.1, 0.15) is 12.5 Å². The number of aryl methyl sites for hydroxylation is 1. The summed E-state index contributed by atoms with van der Waals surface area (Å²) in [6.07, 6.45) is 1.50. The van der Waals surface area contributed by atoms with E-state index in [-0.39, 0.29) is 11.7 Å². The molecule has 1 amide bonds. The van der Waals surface area contributed by atoms with E-state index in [4.69, 9.17) is 14.2 Å². The van der Waals surface area contributed by atoms with E-state index in [1.54, 1.807) is 33.5 Å². The summed E-state index contributed by atoms with van der Waals surface area (Å²) in [5.41, 5.74) is 5.16. The van der Waals surface area contributed by atoms with Crippen LogP contribution in [0.15, 0.2) is 46.7 Å². The molecule has 158 valence electrons. The quantitative estimate of drug-likeness (QED) is 0.320. The number of nitrogens with one attached hydrogen (secondary N) is 1. The zero-order chi connectivity index (χ0) is 21.5. The zero-order valence-corrected chi connectivity index (χ0v) is 18.2. The molecule has 0 aliphatic carbocycles. The van der Waals surface area contributed by atoms with Crippen molar-refractivity contribution in [2.45, 2.75) is 18.6 Å². The third-order valence-corrected chi connectivity index (χ3v) is 5.37. The number of amides is 1. The number of ether oxygens (including phenoxy) is 3. The number of hydrazone groups is 1. The first-order valence-electron chi connectivity index (χ1n) is 9.31. The van der Waals surface area contributed by atoms with Gasteiger partial charge in [-0.15, -0.1) is 0 Å². The van der Waals surface area contributed by atoms with Gasteiger partial charge in [0.1, 0.15) is 5.75 Å². The Morgan fingerprint density at radius 2 is 1.83 bits per heavy atom. The van der Waals surface area contributed by atoms with Crippen molar-refractivity contribution in [2.75, 3.05) is 27.1 Å². The lowest BCUT2D eigenvalue weighted by atomic mass is 10.2. The number of carbonyl (C=O) groups is 1. The highest BCUT2D eigenvalue weighted by Gasteiger charge is 2.12. The van der Waals surface area contributed by atoms with E-state index < -0.39 is 0 Å². The van der Waals surface area contributed by atoms with Crippen molar-refractivity contribution in [3.63, 3.8) is 0 Å². The summed E-state index contributed by atoms with van der Waals surface area (Å²) < 4.78 is 18.0. The second kappa shape index (κ2) is 10.0. The van der Waals surface area contributed by atoms with Gasteiger partial charge in [0.25, 0.3) is 5.91 Å². The molecule has 8 nitrogen and oxygen atoms in total. The fourth-order valence-electron chi connectivity index (χ4n) is 2.96. The van der Waals surface area contributed by atoms with Crippen LogP contribution in [0.5, 0.6) is 17.2 Å². The Kier molecular flexibility index (Phi) is 7.18. The summed E-state index contributed by atoms with van der Waals surface area (Å²) in [6.45, 7) is 2.83. The number of para-hydroxylation sites is 2. The van der Waals surface area contributed by atoms with Gasteiger partial charge >= 0.3 is 0 Å². The van der Waals surface area contributed by atoms with Gasteiger partial charge in [-0.1, -0.05) is 23.9 Å². The van der Waals surface area contributed by atoms with E-state index in [2.05, 4.69) is 27.0 Å². The minimum Gasteiger partial charge on any atom is -0.496 e. The van der Waals surface area contributed by atoms with Crippen LogP contribution in [0.4, 0.5) is 0 Å². The van der Waals surface area contributed by atoms with Crippen molar-refractivity contribution < 1.29 is 19.0 Å². The van der Waals surface area contributed by atoms with E-state index >= 15 is 0 Å². The number of benzene rings is 2. The SMILES string of the molecule is CCn1c(SCC(=O)N/N=C/c2cc(OC)c(OC)cc2OC)nc2ccccc21. The molecule has 0 aliphatic rings. The largest absolute Gasteiger partial charge is 0.496 e. The van der Waals surface area contributed by atoms with Crippen LogP contribution in [-0.4, -0.2) is 48.8 Å². The first-order valence-corrected chi connectivity index (χ1v) is 10.3. The van der Waals surface area contributed by atoms with Crippen LogP contribution in [0, 0.1) is 0 Å². The fourth-order valence-corrected chi connectivity index (χ4v) is 3.83. The zero-order valence-electron chi connectivity index (χ0n) is 17.3. The van der Waals surface area contributed by atoms with Gasteiger partial charge in [0.15, 0.2) is 16.7 Å². The van der Waals surface area contributed by atoms with E-state index in [0.717, 1.165) is 22.7 Å². The molecule has 0 saturated carbocycles. The minimum atomic E-state index is -0.231. The monoisotopic (exact) mass is 428 g/mol. The van der Waals surface area contributed by atoms with E-state index in [0.29, 0.717) is 22.8 Å². The molecule has 0 saturated heterocycles. The number of imidazole rings is 1. The van der Waals surface area contributed by atoms with Crippen molar-refractivity contribution >= 4 is 34.9 Å². The maximum Gasteiger partial charge on any atom is 0.250 e.